The lowest BCUT2D eigenvalue weighted by molar-refractivity contribution is 0.212. The van der Waals surface area contributed by atoms with E-state index in [1.165, 1.54) is 21.9 Å². The summed E-state index contributed by atoms with van der Waals surface area (Å²) in [5.74, 6) is 0. The first-order valence-electron chi connectivity index (χ1n) is 5.80. The number of nitrogens with zero attached hydrogens (tertiary/aromatic N) is 1. The summed E-state index contributed by atoms with van der Waals surface area (Å²) >= 11 is 0. The molecule has 0 bridgehead atoms. The Morgan fingerprint density at radius 2 is 1.88 bits per heavy atom. The van der Waals surface area contributed by atoms with Gasteiger partial charge in [-0.05, 0) is 16.3 Å². The molecule has 3 nitrogen and oxygen atoms in total. The van der Waals surface area contributed by atoms with Gasteiger partial charge in [-0.1, -0.05) is 36.4 Å². The predicted molar refractivity (Wildman–Crippen MR) is 67.0 cm³/mol. The molecule has 2 aliphatic rings. The van der Waals surface area contributed by atoms with Crippen LogP contribution in [0, 0.1) is 0 Å². The molecule has 2 unspecified atom stereocenters. The molecule has 3 heteroatoms. The Morgan fingerprint density at radius 3 is 2.65 bits per heavy atom. The zero-order valence-corrected chi connectivity index (χ0v) is 9.47. The van der Waals surface area contributed by atoms with Crippen molar-refractivity contribution in [2.75, 3.05) is 7.05 Å². The number of fused-ring (bicyclic) bond motifs is 3. The van der Waals surface area contributed by atoms with Gasteiger partial charge in [-0.3, -0.25) is 0 Å². The molecule has 1 N–H and O–H groups in total. The Morgan fingerprint density at radius 1 is 1.12 bits per heavy atom. The minimum Gasteiger partial charge on any atom is -0.454 e. The van der Waals surface area contributed by atoms with E-state index in [9.17, 15) is 0 Å². The largest absolute Gasteiger partial charge is 0.454 e. The first-order valence-corrected chi connectivity index (χ1v) is 5.80. The number of hydrogen-bond donors (Lipinski definition) is 1. The molecule has 17 heavy (non-hydrogen) atoms. The quantitative estimate of drug-likeness (QED) is 0.746. The minimum absolute atomic E-state index is 0.0785. The van der Waals surface area contributed by atoms with Crippen molar-refractivity contribution in [2.24, 2.45) is 4.99 Å². The second-order valence-corrected chi connectivity index (χ2v) is 4.48. The number of amidine groups is 1. The van der Waals surface area contributed by atoms with Gasteiger partial charge in [0.25, 0.3) is 6.02 Å². The lowest BCUT2D eigenvalue weighted by Crippen LogP contribution is -2.19. The molecule has 1 fully saturated rings. The molecular weight excluding hydrogens is 212 g/mol. The van der Waals surface area contributed by atoms with Gasteiger partial charge in [-0.2, -0.15) is 0 Å². The molecule has 0 spiro atoms. The van der Waals surface area contributed by atoms with Crippen molar-refractivity contribution in [1.82, 2.24) is 5.32 Å². The van der Waals surface area contributed by atoms with Crippen LogP contribution >= 0.6 is 0 Å². The van der Waals surface area contributed by atoms with Crippen molar-refractivity contribution < 1.29 is 4.74 Å². The molecular formula is C14H12N2O. The van der Waals surface area contributed by atoms with E-state index in [-0.39, 0.29) is 12.1 Å². The summed E-state index contributed by atoms with van der Waals surface area (Å²) < 4.78 is 5.85. The molecule has 0 amide bonds. The highest BCUT2D eigenvalue weighted by Gasteiger charge is 2.41. The minimum atomic E-state index is 0.0785. The molecule has 0 aromatic heterocycles. The number of ether oxygens (including phenoxy) is 1. The number of rotatable bonds is 0. The van der Waals surface area contributed by atoms with Crippen LogP contribution in [0.3, 0.4) is 0 Å². The molecule has 1 heterocycles. The van der Waals surface area contributed by atoms with Crippen LogP contribution in [-0.4, -0.2) is 13.1 Å². The summed E-state index contributed by atoms with van der Waals surface area (Å²) in [7, 11) is 1.75. The normalized spacial score (nSPS) is 27.0. The monoisotopic (exact) mass is 224 g/mol. The smallest absolute Gasteiger partial charge is 0.285 e. The lowest BCUT2D eigenvalue weighted by atomic mass is 10.0. The van der Waals surface area contributed by atoms with Gasteiger partial charge in [0.15, 0.2) is 6.10 Å². The van der Waals surface area contributed by atoms with Gasteiger partial charge in [0.1, 0.15) is 0 Å². The zero-order chi connectivity index (χ0) is 11.4. The highest BCUT2D eigenvalue weighted by molar-refractivity contribution is 5.94. The number of benzene rings is 2. The van der Waals surface area contributed by atoms with Crippen molar-refractivity contribution in [2.45, 2.75) is 12.1 Å². The van der Waals surface area contributed by atoms with Crippen LogP contribution in [-0.2, 0) is 4.74 Å². The Labute approximate surface area is 99.1 Å². The zero-order valence-electron chi connectivity index (χ0n) is 9.47. The summed E-state index contributed by atoms with van der Waals surface area (Å²) in [6.07, 6.45) is 0.0785. The van der Waals surface area contributed by atoms with Gasteiger partial charge in [0, 0.05) is 12.6 Å². The van der Waals surface area contributed by atoms with Crippen LogP contribution in [0.4, 0.5) is 0 Å². The Bertz CT molecular complexity index is 599. The maximum absolute atomic E-state index is 5.85. The topological polar surface area (TPSA) is 33.6 Å². The van der Waals surface area contributed by atoms with Crippen LogP contribution in [0.5, 0.6) is 0 Å². The number of hydrogen-bond acceptors (Lipinski definition) is 2. The molecule has 4 rings (SSSR count). The van der Waals surface area contributed by atoms with Crippen molar-refractivity contribution in [1.29, 1.82) is 0 Å². The van der Waals surface area contributed by atoms with Gasteiger partial charge in [-0.25, -0.2) is 4.99 Å². The van der Waals surface area contributed by atoms with Gasteiger partial charge < -0.3 is 10.1 Å². The standard InChI is InChI=1S/C14H12N2O/c1-15-14-16-12-9-6-2-4-8-5-3-7-10(11(8)9)13(12)17-14/h2-7,12-13H,1H3,(H,15,16). The molecule has 2 atom stereocenters. The Kier molecular flexibility index (Phi) is 1.60. The van der Waals surface area contributed by atoms with E-state index < -0.39 is 0 Å². The van der Waals surface area contributed by atoms with Crippen molar-refractivity contribution >= 4 is 16.8 Å². The van der Waals surface area contributed by atoms with E-state index in [0.717, 1.165) is 0 Å². The van der Waals surface area contributed by atoms with E-state index in [4.69, 9.17) is 4.74 Å². The van der Waals surface area contributed by atoms with Crippen LogP contribution in [0.15, 0.2) is 41.4 Å². The second-order valence-electron chi connectivity index (χ2n) is 4.48. The summed E-state index contributed by atoms with van der Waals surface area (Å²) in [5, 5.41) is 5.96. The third-order valence-electron chi connectivity index (χ3n) is 3.63. The molecule has 84 valence electrons. The number of nitrogens with one attached hydrogen (secondary N) is 1. The second kappa shape index (κ2) is 3.00. The van der Waals surface area contributed by atoms with Crippen molar-refractivity contribution in [3.8, 4) is 0 Å². The molecule has 1 aliphatic heterocycles. The molecule has 2 aromatic carbocycles. The highest BCUT2D eigenvalue weighted by Crippen LogP contribution is 2.48. The molecule has 0 saturated carbocycles. The Hall–Kier alpha value is -2.03. The van der Waals surface area contributed by atoms with Gasteiger partial charge in [0.2, 0.25) is 0 Å². The van der Waals surface area contributed by atoms with E-state index in [0.29, 0.717) is 6.02 Å². The maximum atomic E-state index is 5.85. The van der Waals surface area contributed by atoms with Crippen molar-refractivity contribution in [3.05, 3.63) is 47.5 Å². The Balaban J connectivity index is 2.01. The van der Waals surface area contributed by atoms with Crippen molar-refractivity contribution in [3.63, 3.8) is 0 Å². The molecule has 1 aliphatic carbocycles. The average Bonchev–Trinajstić information content (AvgIpc) is 2.91. The molecule has 2 aromatic rings. The summed E-state index contributed by atoms with van der Waals surface area (Å²) in [6.45, 7) is 0. The van der Waals surface area contributed by atoms with Gasteiger partial charge in [0.05, 0.1) is 6.04 Å². The van der Waals surface area contributed by atoms with E-state index in [1.54, 1.807) is 7.05 Å². The third kappa shape index (κ3) is 1.04. The van der Waals surface area contributed by atoms with Crippen LogP contribution in [0.25, 0.3) is 10.8 Å². The van der Waals surface area contributed by atoms with Crippen LogP contribution in [0.1, 0.15) is 23.3 Å². The summed E-state index contributed by atoms with van der Waals surface area (Å²) in [4.78, 5) is 4.09. The fourth-order valence-corrected chi connectivity index (χ4v) is 2.93. The van der Waals surface area contributed by atoms with Gasteiger partial charge >= 0.3 is 0 Å². The van der Waals surface area contributed by atoms with Gasteiger partial charge in [-0.15, -0.1) is 0 Å². The first-order chi connectivity index (χ1) is 8.38. The molecule has 1 saturated heterocycles. The summed E-state index contributed by atoms with van der Waals surface area (Å²) in [6, 6.07) is 13.7. The third-order valence-corrected chi connectivity index (χ3v) is 3.63. The number of aliphatic imine (C=N–C) groups is 1. The highest BCUT2D eigenvalue weighted by atomic mass is 16.5. The maximum Gasteiger partial charge on any atom is 0.285 e. The summed E-state index contributed by atoms with van der Waals surface area (Å²) in [5.41, 5.74) is 2.59. The first kappa shape index (κ1) is 9.05. The predicted octanol–water partition coefficient (Wildman–Crippen LogP) is 2.54. The SMILES string of the molecule is CN=C1NC2c3cccc4cccc(c34)C2O1. The van der Waals surface area contributed by atoms with E-state index in [2.05, 4.69) is 46.7 Å². The van der Waals surface area contributed by atoms with E-state index in [1.807, 2.05) is 0 Å². The average molecular weight is 224 g/mol. The van der Waals surface area contributed by atoms with E-state index >= 15 is 0 Å². The lowest BCUT2D eigenvalue weighted by Gasteiger charge is -2.07. The van der Waals surface area contributed by atoms with Crippen LogP contribution < -0.4 is 5.32 Å². The molecule has 0 radical (unpaired) electrons. The van der Waals surface area contributed by atoms with Crippen LogP contribution in [0.2, 0.25) is 0 Å². The fourth-order valence-electron chi connectivity index (χ4n) is 2.93. The fraction of sp³-hybridized carbons (Fsp3) is 0.214.